The van der Waals surface area contributed by atoms with Gasteiger partial charge < -0.3 is 30.0 Å². The van der Waals surface area contributed by atoms with Crippen molar-refractivity contribution in [3.05, 3.63) is 62.1 Å². The van der Waals surface area contributed by atoms with E-state index in [-0.39, 0.29) is 48.2 Å². The second-order valence-electron chi connectivity index (χ2n) is 8.62. The third-order valence-electron chi connectivity index (χ3n) is 5.94. The number of hydrogen-bond donors (Lipinski definition) is 4. The Morgan fingerprint density at radius 3 is 2.79 bits per heavy atom. The molecular formula is C22H27N5O7. The Labute approximate surface area is 194 Å². The molecule has 0 bridgehead atoms. The first-order valence-electron chi connectivity index (χ1n) is 10.9. The number of H-pyrrole nitrogens is 1. The molecule has 1 aromatic carbocycles. The number of aliphatic hydroxyl groups is 2. The van der Waals surface area contributed by atoms with Gasteiger partial charge in [-0.2, -0.15) is 4.98 Å². The van der Waals surface area contributed by atoms with Crippen LogP contribution in [0.25, 0.3) is 11.0 Å². The first-order chi connectivity index (χ1) is 16.2. The van der Waals surface area contributed by atoms with Crippen molar-refractivity contribution in [1.29, 1.82) is 0 Å². The van der Waals surface area contributed by atoms with Crippen molar-refractivity contribution >= 4 is 22.7 Å². The van der Waals surface area contributed by atoms with Crippen molar-refractivity contribution in [3.63, 3.8) is 0 Å². The lowest BCUT2D eigenvalue weighted by Crippen LogP contribution is -2.24. The first-order valence-corrected chi connectivity index (χ1v) is 10.9. The van der Waals surface area contributed by atoms with E-state index in [1.807, 2.05) is 13.8 Å². The van der Waals surface area contributed by atoms with Crippen LogP contribution in [-0.2, 0) is 16.1 Å². The fourth-order valence-corrected chi connectivity index (χ4v) is 4.34. The smallest absolute Gasteiger partial charge is 0.275 e. The average Bonchev–Trinajstić information content (AvgIpc) is 3.34. The Morgan fingerprint density at radius 2 is 2.15 bits per heavy atom. The summed E-state index contributed by atoms with van der Waals surface area (Å²) in [6.45, 7) is 3.39. The van der Waals surface area contributed by atoms with Crippen molar-refractivity contribution in [2.24, 2.45) is 5.92 Å². The van der Waals surface area contributed by atoms with Crippen LogP contribution in [0.2, 0.25) is 0 Å². The third kappa shape index (κ3) is 4.40. The molecule has 1 fully saturated rings. The van der Waals surface area contributed by atoms with Gasteiger partial charge in [0.2, 0.25) is 5.95 Å². The average molecular weight is 473 g/mol. The zero-order valence-electron chi connectivity index (χ0n) is 18.7. The van der Waals surface area contributed by atoms with Gasteiger partial charge in [-0.15, -0.1) is 0 Å². The zero-order valence-corrected chi connectivity index (χ0v) is 18.7. The van der Waals surface area contributed by atoms with Crippen LogP contribution in [-0.4, -0.2) is 48.5 Å². The second-order valence-corrected chi connectivity index (χ2v) is 8.62. The summed E-state index contributed by atoms with van der Waals surface area (Å²) >= 11 is 0. The van der Waals surface area contributed by atoms with E-state index in [2.05, 4.69) is 9.97 Å². The van der Waals surface area contributed by atoms with E-state index in [0.29, 0.717) is 11.1 Å². The molecule has 3 heterocycles. The monoisotopic (exact) mass is 473 g/mol. The number of nitro benzene ring substituents is 1. The molecule has 0 saturated carbocycles. The number of nitrogens with two attached hydrogens (primary N) is 1. The third-order valence-corrected chi connectivity index (χ3v) is 5.94. The standard InChI is InChI=1S/C22H27N5O7/c1-11(2)19(13-5-3-4-6-14(13)27(31)32)33-10-12-8-26(17-7-15(29)16(9-28)34-17)20-18(12)21(30)25-22(23)24-20/h3-6,8,11,15-17,19,28-29H,7,9-10H2,1-2H3,(H3,23,24,25,30)/t15?,16-,17-,19?/m1/s1. The highest BCUT2D eigenvalue weighted by Gasteiger charge is 2.36. The quantitative estimate of drug-likeness (QED) is 0.280. The Bertz CT molecular complexity index is 1250. The number of aromatic amines is 1. The largest absolute Gasteiger partial charge is 0.394 e. The maximum Gasteiger partial charge on any atom is 0.275 e. The first kappa shape index (κ1) is 23.8. The van der Waals surface area contributed by atoms with Crippen LogP contribution in [0.4, 0.5) is 11.6 Å². The maximum absolute atomic E-state index is 12.8. The molecule has 182 valence electrons. The molecule has 0 spiro atoms. The molecule has 2 unspecified atom stereocenters. The van der Waals surface area contributed by atoms with Crippen LogP contribution in [0, 0.1) is 16.0 Å². The lowest BCUT2D eigenvalue weighted by atomic mass is 9.97. The molecule has 1 aliphatic rings. The molecule has 1 saturated heterocycles. The van der Waals surface area contributed by atoms with E-state index < -0.39 is 35.0 Å². The van der Waals surface area contributed by atoms with E-state index >= 15 is 0 Å². The van der Waals surface area contributed by atoms with Gasteiger partial charge in [0.05, 0.1) is 41.3 Å². The van der Waals surface area contributed by atoms with Crippen molar-refractivity contribution < 1.29 is 24.6 Å². The topological polar surface area (TPSA) is 179 Å². The summed E-state index contributed by atoms with van der Waals surface area (Å²) in [5.74, 6) is -0.179. The SMILES string of the molecule is CC(C)C(OCc1cn([C@H]2CC(O)[C@@H](CO)O2)c2nc(N)[nH]c(=O)c12)c1ccccc1[N+](=O)[O-]. The van der Waals surface area contributed by atoms with Gasteiger partial charge in [-0.25, -0.2) is 0 Å². The van der Waals surface area contributed by atoms with Crippen molar-refractivity contribution in [2.45, 2.75) is 51.4 Å². The minimum Gasteiger partial charge on any atom is -0.394 e. The van der Waals surface area contributed by atoms with Gasteiger partial charge >= 0.3 is 0 Å². The van der Waals surface area contributed by atoms with Gasteiger partial charge in [-0.05, 0) is 12.0 Å². The molecule has 3 aromatic rings. The molecule has 12 heteroatoms. The molecular weight excluding hydrogens is 446 g/mol. The number of anilines is 1. The predicted octanol–water partition coefficient (Wildman–Crippen LogP) is 1.77. The summed E-state index contributed by atoms with van der Waals surface area (Å²) < 4.78 is 13.5. The molecule has 12 nitrogen and oxygen atoms in total. The summed E-state index contributed by atoms with van der Waals surface area (Å²) in [7, 11) is 0. The highest BCUT2D eigenvalue weighted by Crippen LogP contribution is 2.36. The number of nitrogens with one attached hydrogen (secondary N) is 1. The van der Waals surface area contributed by atoms with Gasteiger partial charge in [0.15, 0.2) is 5.65 Å². The van der Waals surface area contributed by atoms with E-state index in [4.69, 9.17) is 15.2 Å². The number of nitrogens with zero attached hydrogens (tertiary/aromatic N) is 3. The predicted molar refractivity (Wildman–Crippen MR) is 122 cm³/mol. The van der Waals surface area contributed by atoms with Crippen molar-refractivity contribution in [2.75, 3.05) is 12.3 Å². The molecule has 2 aromatic heterocycles. The van der Waals surface area contributed by atoms with Crippen molar-refractivity contribution in [3.8, 4) is 0 Å². The maximum atomic E-state index is 12.8. The number of rotatable bonds is 8. The zero-order chi connectivity index (χ0) is 24.6. The lowest BCUT2D eigenvalue weighted by molar-refractivity contribution is -0.386. The van der Waals surface area contributed by atoms with Gasteiger partial charge in [-0.3, -0.25) is 19.9 Å². The molecule has 0 radical (unpaired) electrons. The van der Waals surface area contributed by atoms with E-state index in [1.165, 1.54) is 6.07 Å². The number of aliphatic hydroxyl groups excluding tert-OH is 2. The van der Waals surface area contributed by atoms with E-state index in [1.54, 1.807) is 29.0 Å². The Morgan fingerprint density at radius 1 is 1.41 bits per heavy atom. The molecule has 34 heavy (non-hydrogen) atoms. The minimum atomic E-state index is -0.879. The van der Waals surface area contributed by atoms with Crippen LogP contribution in [0.1, 0.15) is 43.7 Å². The molecule has 4 rings (SSSR count). The number of fused-ring (bicyclic) bond motifs is 1. The van der Waals surface area contributed by atoms with Crippen LogP contribution in [0.3, 0.4) is 0 Å². The summed E-state index contributed by atoms with van der Waals surface area (Å²) in [6.07, 6.45) is -1.09. The van der Waals surface area contributed by atoms with Crippen LogP contribution in [0.15, 0.2) is 35.3 Å². The van der Waals surface area contributed by atoms with E-state index in [9.17, 15) is 25.1 Å². The number of nitrogen functional groups attached to an aromatic ring is 1. The summed E-state index contributed by atoms with van der Waals surface area (Å²) in [6, 6.07) is 6.39. The summed E-state index contributed by atoms with van der Waals surface area (Å²) in [5, 5.41) is 31.3. The lowest BCUT2D eigenvalue weighted by Gasteiger charge is -2.21. The van der Waals surface area contributed by atoms with Crippen LogP contribution in [0.5, 0.6) is 0 Å². The Kier molecular flexibility index (Phi) is 6.66. The number of benzene rings is 1. The van der Waals surface area contributed by atoms with Crippen molar-refractivity contribution in [1.82, 2.24) is 14.5 Å². The van der Waals surface area contributed by atoms with Gasteiger partial charge in [0.25, 0.3) is 11.2 Å². The normalized spacial score (nSPS) is 21.4. The molecule has 4 atom stereocenters. The number of ether oxygens (including phenoxy) is 2. The molecule has 5 N–H and O–H groups in total. The van der Waals surface area contributed by atoms with Crippen LogP contribution >= 0.6 is 0 Å². The van der Waals surface area contributed by atoms with Gasteiger partial charge in [0.1, 0.15) is 12.3 Å². The van der Waals surface area contributed by atoms with Gasteiger partial charge in [-0.1, -0.05) is 26.0 Å². The van der Waals surface area contributed by atoms with E-state index in [0.717, 1.165) is 0 Å². The summed E-state index contributed by atoms with van der Waals surface area (Å²) in [4.78, 5) is 30.6. The Balaban J connectivity index is 1.71. The molecule has 0 amide bonds. The second kappa shape index (κ2) is 9.50. The molecule has 0 aliphatic carbocycles. The minimum absolute atomic E-state index is 0.0359. The number of aromatic nitrogens is 3. The highest BCUT2D eigenvalue weighted by molar-refractivity contribution is 5.80. The number of hydrogen-bond acceptors (Lipinski definition) is 9. The number of para-hydroxylation sites is 1. The van der Waals surface area contributed by atoms with Crippen LogP contribution < -0.4 is 11.3 Å². The molecule has 1 aliphatic heterocycles. The summed E-state index contributed by atoms with van der Waals surface area (Å²) in [5.41, 5.74) is 6.43. The fourth-order valence-electron chi connectivity index (χ4n) is 4.34. The highest BCUT2D eigenvalue weighted by atomic mass is 16.6. The Hall–Kier alpha value is -3.32. The van der Waals surface area contributed by atoms with Gasteiger partial charge in [0, 0.05) is 24.2 Å². The fraction of sp³-hybridized carbons (Fsp3) is 0.455. The number of nitro groups is 1.